The van der Waals surface area contributed by atoms with Gasteiger partial charge in [-0.2, -0.15) is 0 Å². The van der Waals surface area contributed by atoms with Crippen LogP contribution in [0.4, 0.5) is 0 Å². The maximum atomic E-state index is 13.1. The highest BCUT2D eigenvalue weighted by Gasteiger charge is 2.28. The molecule has 0 heterocycles. The smallest absolute Gasteiger partial charge is 0.194 e. The molecule has 0 amide bonds. The van der Waals surface area contributed by atoms with E-state index in [0.717, 1.165) is 9.79 Å². The number of halogens is 2. The summed E-state index contributed by atoms with van der Waals surface area (Å²) < 4.78 is 0. The van der Waals surface area contributed by atoms with Gasteiger partial charge in [0.1, 0.15) is 0 Å². The van der Waals surface area contributed by atoms with Crippen LogP contribution in [0.15, 0.2) is 152 Å². The fourth-order valence-electron chi connectivity index (χ4n) is 3.81. The van der Waals surface area contributed by atoms with Crippen LogP contribution in [0.2, 0.25) is 10.0 Å². The van der Waals surface area contributed by atoms with Gasteiger partial charge in [0.05, 0.1) is 10.9 Å². The molecule has 0 bridgehead atoms. The molecule has 5 aromatic carbocycles. The standard InChI is InChI=1S/C31H21Cl2OS2/c32-23-10-16-26(17-11-23)36(27-18-12-24(33)13-19-27)28-20-14-25(15-21-28)35-30-9-5-4-8-29(30)31(34)22-6-2-1-3-7-22/h1-21H/q+1. The van der Waals surface area contributed by atoms with Crippen molar-refractivity contribution in [2.45, 2.75) is 24.5 Å². The molecule has 0 saturated heterocycles. The summed E-state index contributed by atoms with van der Waals surface area (Å²) in [7, 11) is -0.303. The number of carbonyl (C=O) groups excluding carboxylic acids is 1. The SMILES string of the molecule is O=C(c1ccccc1)c1ccccc1Sc1ccc([S+](c2ccc(Cl)cc2)c2ccc(Cl)cc2)cc1. The zero-order valence-corrected chi connectivity index (χ0v) is 22.2. The molecule has 0 atom stereocenters. The lowest BCUT2D eigenvalue weighted by Gasteiger charge is -2.11. The van der Waals surface area contributed by atoms with Crippen LogP contribution < -0.4 is 0 Å². The average Bonchev–Trinajstić information content (AvgIpc) is 2.92. The summed E-state index contributed by atoms with van der Waals surface area (Å²) in [6, 6.07) is 41.8. The lowest BCUT2D eigenvalue weighted by atomic mass is 10.0. The van der Waals surface area contributed by atoms with Crippen molar-refractivity contribution in [2.75, 3.05) is 0 Å². The first-order valence-electron chi connectivity index (χ1n) is 11.3. The highest BCUT2D eigenvalue weighted by molar-refractivity contribution is 7.99. The fourth-order valence-corrected chi connectivity index (χ4v) is 7.05. The summed E-state index contributed by atoms with van der Waals surface area (Å²) in [6.45, 7) is 0. The Morgan fingerprint density at radius 2 is 1.03 bits per heavy atom. The van der Waals surface area contributed by atoms with Gasteiger partial charge in [-0.15, -0.1) is 0 Å². The van der Waals surface area contributed by atoms with Crippen LogP contribution in [-0.4, -0.2) is 5.78 Å². The first-order chi connectivity index (χ1) is 17.6. The molecule has 5 heteroatoms. The van der Waals surface area contributed by atoms with Crippen molar-refractivity contribution in [1.82, 2.24) is 0 Å². The molecule has 0 aliphatic rings. The number of ketones is 1. The zero-order chi connectivity index (χ0) is 24.9. The van der Waals surface area contributed by atoms with Crippen molar-refractivity contribution in [3.8, 4) is 0 Å². The van der Waals surface area contributed by atoms with Crippen LogP contribution in [0, 0.1) is 0 Å². The predicted molar refractivity (Wildman–Crippen MR) is 152 cm³/mol. The van der Waals surface area contributed by atoms with E-state index in [1.807, 2.05) is 78.9 Å². The highest BCUT2D eigenvalue weighted by Crippen LogP contribution is 2.36. The van der Waals surface area contributed by atoms with Gasteiger partial charge in [0.25, 0.3) is 0 Å². The van der Waals surface area contributed by atoms with Crippen molar-refractivity contribution in [1.29, 1.82) is 0 Å². The maximum absolute atomic E-state index is 13.1. The quantitative estimate of drug-likeness (QED) is 0.150. The topological polar surface area (TPSA) is 17.1 Å². The Hall–Kier alpha value is -2.95. The van der Waals surface area contributed by atoms with Crippen LogP contribution in [0.1, 0.15) is 15.9 Å². The van der Waals surface area contributed by atoms with Crippen molar-refractivity contribution in [3.63, 3.8) is 0 Å². The Labute approximate surface area is 228 Å². The molecular formula is C31H21Cl2OS2+. The predicted octanol–water partition coefficient (Wildman–Crippen LogP) is 9.47. The van der Waals surface area contributed by atoms with Gasteiger partial charge < -0.3 is 0 Å². The second-order valence-electron chi connectivity index (χ2n) is 7.98. The lowest BCUT2D eigenvalue weighted by molar-refractivity contribution is 0.103. The van der Waals surface area contributed by atoms with E-state index in [2.05, 4.69) is 48.5 Å². The highest BCUT2D eigenvalue weighted by atomic mass is 35.5. The summed E-state index contributed by atoms with van der Waals surface area (Å²) in [5.74, 6) is 0.0299. The Morgan fingerprint density at radius 1 is 0.556 bits per heavy atom. The van der Waals surface area contributed by atoms with E-state index in [9.17, 15) is 4.79 Å². The van der Waals surface area contributed by atoms with E-state index in [-0.39, 0.29) is 16.7 Å². The minimum Gasteiger partial charge on any atom is -0.289 e. The molecule has 0 aliphatic carbocycles. The Bertz CT molecular complexity index is 1420. The van der Waals surface area contributed by atoms with Gasteiger partial charge in [-0.1, -0.05) is 77.4 Å². The maximum Gasteiger partial charge on any atom is 0.194 e. The third-order valence-electron chi connectivity index (χ3n) is 5.55. The molecule has 36 heavy (non-hydrogen) atoms. The number of carbonyl (C=O) groups is 1. The van der Waals surface area contributed by atoms with Crippen LogP contribution in [0.5, 0.6) is 0 Å². The summed E-state index contributed by atoms with van der Waals surface area (Å²) in [5.41, 5.74) is 1.40. The molecule has 5 rings (SSSR count). The van der Waals surface area contributed by atoms with E-state index in [1.54, 1.807) is 11.8 Å². The summed E-state index contributed by atoms with van der Waals surface area (Å²) in [4.78, 5) is 18.7. The number of benzene rings is 5. The fraction of sp³-hybridized carbons (Fsp3) is 0. The van der Waals surface area contributed by atoms with Gasteiger partial charge >= 0.3 is 0 Å². The Morgan fingerprint density at radius 3 is 1.58 bits per heavy atom. The average molecular weight is 545 g/mol. The van der Waals surface area contributed by atoms with Gasteiger partial charge in [-0.25, -0.2) is 0 Å². The molecular weight excluding hydrogens is 523 g/mol. The number of hydrogen-bond acceptors (Lipinski definition) is 2. The number of hydrogen-bond donors (Lipinski definition) is 0. The minimum absolute atomic E-state index is 0.0299. The second-order valence-corrected chi connectivity index (χ2v) is 12.0. The molecule has 0 saturated carbocycles. The van der Waals surface area contributed by atoms with E-state index in [1.165, 1.54) is 14.7 Å². The van der Waals surface area contributed by atoms with Gasteiger partial charge in [0.15, 0.2) is 20.5 Å². The van der Waals surface area contributed by atoms with Gasteiger partial charge in [-0.3, -0.25) is 4.79 Å². The molecule has 0 aliphatic heterocycles. The summed E-state index contributed by atoms with van der Waals surface area (Å²) >= 11 is 13.9. The Balaban J connectivity index is 1.45. The molecule has 0 aromatic heterocycles. The molecule has 176 valence electrons. The first kappa shape index (κ1) is 24.7. The number of rotatable bonds is 7. The van der Waals surface area contributed by atoms with Crippen molar-refractivity contribution >= 4 is 51.6 Å². The van der Waals surface area contributed by atoms with Crippen molar-refractivity contribution in [2.24, 2.45) is 0 Å². The van der Waals surface area contributed by atoms with Crippen molar-refractivity contribution in [3.05, 3.63) is 149 Å². The van der Waals surface area contributed by atoms with E-state index in [0.29, 0.717) is 21.2 Å². The normalized spacial score (nSPS) is 11.0. The van der Waals surface area contributed by atoms with E-state index < -0.39 is 0 Å². The first-order valence-corrected chi connectivity index (χ1v) is 14.1. The molecule has 1 nitrogen and oxygen atoms in total. The van der Waals surface area contributed by atoms with Crippen molar-refractivity contribution < 1.29 is 4.79 Å². The van der Waals surface area contributed by atoms with Crippen LogP contribution in [-0.2, 0) is 10.9 Å². The molecule has 0 N–H and O–H groups in total. The monoisotopic (exact) mass is 543 g/mol. The third-order valence-corrected chi connectivity index (χ3v) is 9.37. The van der Waals surface area contributed by atoms with Gasteiger partial charge in [-0.05, 0) is 84.9 Å². The molecule has 0 radical (unpaired) electrons. The van der Waals surface area contributed by atoms with Gasteiger partial charge in [0.2, 0.25) is 0 Å². The van der Waals surface area contributed by atoms with Crippen LogP contribution in [0.25, 0.3) is 0 Å². The molecule has 0 fully saturated rings. The summed E-state index contributed by atoms with van der Waals surface area (Å²) in [5, 5.41) is 1.43. The lowest BCUT2D eigenvalue weighted by Crippen LogP contribution is -2.04. The molecule has 0 unspecified atom stereocenters. The van der Waals surface area contributed by atoms with Crippen LogP contribution in [0.3, 0.4) is 0 Å². The van der Waals surface area contributed by atoms with Crippen LogP contribution >= 0.6 is 35.0 Å². The van der Waals surface area contributed by atoms with Gasteiger partial charge in [0, 0.05) is 31.0 Å². The molecule has 0 spiro atoms. The molecule has 5 aromatic rings. The Kier molecular flexibility index (Phi) is 7.84. The third kappa shape index (κ3) is 5.71. The second kappa shape index (κ2) is 11.4. The zero-order valence-electron chi connectivity index (χ0n) is 19.1. The van der Waals surface area contributed by atoms with E-state index in [4.69, 9.17) is 23.2 Å². The van der Waals surface area contributed by atoms with E-state index >= 15 is 0 Å². The summed E-state index contributed by atoms with van der Waals surface area (Å²) in [6.07, 6.45) is 0. The largest absolute Gasteiger partial charge is 0.289 e. The minimum atomic E-state index is -0.303.